The van der Waals surface area contributed by atoms with Gasteiger partial charge >= 0.3 is 5.82 Å². The van der Waals surface area contributed by atoms with Gasteiger partial charge in [0.15, 0.2) is 0 Å². The van der Waals surface area contributed by atoms with E-state index in [1.54, 1.807) is 12.1 Å². The molecule has 0 unspecified atom stereocenters. The van der Waals surface area contributed by atoms with E-state index in [4.69, 9.17) is 23.2 Å². The van der Waals surface area contributed by atoms with E-state index >= 15 is 0 Å². The van der Waals surface area contributed by atoms with Crippen molar-refractivity contribution in [1.82, 2.24) is 5.16 Å². The Bertz CT molecular complexity index is 517. The Kier molecular flexibility index (Phi) is 2.31. The van der Waals surface area contributed by atoms with E-state index in [0.29, 0.717) is 15.6 Å². The SMILES string of the molecule is O=c1onc(-c2ccc(Cl)c(Cl)c2)o1. The van der Waals surface area contributed by atoms with Gasteiger partial charge in [0, 0.05) is 5.56 Å². The van der Waals surface area contributed by atoms with Gasteiger partial charge in [-0.05, 0) is 23.4 Å². The van der Waals surface area contributed by atoms with Gasteiger partial charge in [0.2, 0.25) is 0 Å². The first-order chi connectivity index (χ1) is 6.66. The smallest absolute Gasteiger partial charge is 0.370 e. The highest BCUT2D eigenvalue weighted by molar-refractivity contribution is 6.42. The topological polar surface area (TPSA) is 56.2 Å². The van der Waals surface area contributed by atoms with Gasteiger partial charge in [-0.1, -0.05) is 23.2 Å². The van der Waals surface area contributed by atoms with Crippen LogP contribution in [0.4, 0.5) is 0 Å². The van der Waals surface area contributed by atoms with Crippen LogP contribution in [0.1, 0.15) is 0 Å². The minimum absolute atomic E-state index is 0.0774. The molecule has 0 aliphatic heterocycles. The molecule has 2 rings (SSSR count). The molecule has 0 saturated carbocycles. The molecule has 0 aliphatic carbocycles. The number of benzene rings is 1. The van der Waals surface area contributed by atoms with E-state index in [-0.39, 0.29) is 5.89 Å². The van der Waals surface area contributed by atoms with Crippen molar-refractivity contribution in [3.8, 4) is 11.5 Å². The van der Waals surface area contributed by atoms with Crippen LogP contribution in [0, 0.1) is 0 Å². The minimum Gasteiger partial charge on any atom is -0.370 e. The van der Waals surface area contributed by atoms with Crippen LogP contribution >= 0.6 is 23.2 Å². The average molecular weight is 232 g/mol. The molecule has 0 radical (unpaired) electrons. The van der Waals surface area contributed by atoms with E-state index in [2.05, 4.69) is 14.1 Å². The Labute approximate surface area is 88.0 Å². The van der Waals surface area contributed by atoms with E-state index in [0.717, 1.165) is 0 Å². The first kappa shape index (κ1) is 9.30. The number of rotatable bonds is 1. The molecule has 1 heterocycles. The number of hydrogen-bond acceptors (Lipinski definition) is 4. The summed E-state index contributed by atoms with van der Waals surface area (Å²) in [6.07, 6.45) is 0. The lowest BCUT2D eigenvalue weighted by molar-refractivity contribution is 0.335. The van der Waals surface area contributed by atoms with Crippen LogP contribution in [-0.4, -0.2) is 5.16 Å². The summed E-state index contributed by atoms with van der Waals surface area (Å²) in [5, 5.41) is 4.18. The van der Waals surface area contributed by atoms with Crippen LogP contribution in [0.25, 0.3) is 11.5 Å². The maximum Gasteiger partial charge on any atom is 0.542 e. The zero-order valence-corrected chi connectivity index (χ0v) is 8.17. The van der Waals surface area contributed by atoms with Gasteiger partial charge in [0.05, 0.1) is 10.0 Å². The molecule has 0 spiro atoms. The predicted octanol–water partition coefficient (Wildman–Crippen LogP) is 2.60. The molecule has 6 heteroatoms. The van der Waals surface area contributed by atoms with Gasteiger partial charge in [-0.15, -0.1) is 0 Å². The summed E-state index contributed by atoms with van der Waals surface area (Å²) >= 11 is 11.5. The second-order valence-corrected chi connectivity index (χ2v) is 3.28. The zero-order valence-electron chi connectivity index (χ0n) is 6.66. The Morgan fingerprint density at radius 3 is 2.57 bits per heavy atom. The van der Waals surface area contributed by atoms with E-state index < -0.39 is 5.82 Å². The molecule has 2 aromatic rings. The molecule has 1 aromatic heterocycles. The second-order valence-electron chi connectivity index (χ2n) is 2.47. The molecule has 0 aliphatic rings. The fourth-order valence-electron chi connectivity index (χ4n) is 0.936. The van der Waals surface area contributed by atoms with Crippen LogP contribution < -0.4 is 5.82 Å². The lowest BCUT2D eigenvalue weighted by Crippen LogP contribution is -1.85. The number of nitrogens with zero attached hydrogens (tertiary/aromatic N) is 1. The van der Waals surface area contributed by atoms with E-state index in [9.17, 15) is 4.79 Å². The fourth-order valence-corrected chi connectivity index (χ4v) is 1.23. The minimum atomic E-state index is -0.855. The van der Waals surface area contributed by atoms with Crippen molar-refractivity contribution in [3.63, 3.8) is 0 Å². The molecular weight excluding hydrogens is 229 g/mol. The van der Waals surface area contributed by atoms with E-state index in [1.807, 2.05) is 0 Å². The molecule has 0 amide bonds. The van der Waals surface area contributed by atoms with Crippen LogP contribution in [0.15, 0.2) is 31.9 Å². The molecule has 0 N–H and O–H groups in total. The van der Waals surface area contributed by atoms with Crippen LogP contribution in [-0.2, 0) is 0 Å². The van der Waals surface area contributed by atoms with Gasteiger partial charge in [-0.25, -0.2) is 4.79 Å². The third-order valence-corrected chi connectivity index (χ3v) is 2.29. The normalized spacial score (nSPS) is 10.4. The Balaban J connectivity index is 2.52. The highest BCUT2D eigenvalue weighted by atomic mass is 35.5. The summed E-state index contributed by atoms with van der Waals surface area (Å²) in [7, 11) is 0. The standard InChI is InChI=1S/C8H3Cl2NO3/c9-5-2-1-4(3-6(5)10)7-11-14-8(12)13-7/h1-3H. The van der Waals surface area contributed by atoms with Crippen molar-refractivity contribution in [2.75, 3.05) is 0 Å². The molecule has 0 bridgehead atoms. The Morgan fingerprint density at radius 1 is 1.21 bits per heavy atom. The summed E-state index contributed by atoms with van der Waals surface area (Å²) in [6.45, 7) is 0. The predicted molar refractivity (Wildman–Crippen MR) is 50.5 cm³/mol. The Morgan fingerprint density at radius 2 is 2.00 bits per heavy atom. The molecule has 0 atom stereocenters. The molecular formula is C8H3Cl2NO3. The molecule has 0 saturated heterocycles. The summed E-state index contributed by atoms with van der Waals surface area (Å²) in [6, 6.07) is 4.73. The third kappa shape index (κ3) is 1.66. The van der Waals surface area contributed by atoms with Crippen molar-refractivity contribution >= 4 is 23.2 Å². The van der Waals surface area contributed by atoms with E-state index in [1.165, 1.54) is 6.07 Å². The molecule has 72 valence electrons. The van der Waals surface area contributed by atoms with Crippen LogP contribution in [0.3, 0.4) is 0 Å². The third-order valence-electron chi connectivity index (χ3n) is 1.55. The van der Waals surface area contributed by atoms with Gasteiger partial charge in [-0.2, -0.15) is 0 Å². The summed E-state index contributed by atoms with van der Waals surface area (Å²) < 4.78 is 8.87. The maximum absolute atomic E-state index is 10.6. The van der Waals surface area contributed by atoms with Gasteiger partial charge < -0.3 is 4.42 Å². The maximum atomic E-state index is 10.6. The monoisotopic (exact) mass is 231 g/mol. The zero-order chi connectivity index (χ0) is 10.1. The second kappa shape index (κ2) is 3.48. The van der Waals surface area contributed by atoms with Crippen LogP contribution in [0.2, 0.25) is 10.0 Å². The number of hydrogen-bond donors (Lipinski definition) is 0. The van der Waals surface area contributed by atoms with Gasteiger partial charge in [-0.3, -0.25) is 4.52 Å². The van der Waals surface area contributed by atoms with Gasteiger partial charge in [0.25, 0.3) is 5.89 Å². The Hall–Kier alpha value is -1.26. The molecule has 4 nitrogen and oxygen atoms in total. The molecule has 0 fully saturated rings. The first-order valence-corrected chi connectivity index (χ1v) is 4.34. The summed E-state index contributed by atoms with van der Waals surface area (Å²) in [4.78, 5) is 10.6. The highest BCUT2D eigenvalue weighted by Crippen LogP contribution is 2.26. The largest absolute Gasteiger partial charge is 0.542 e. The fraction of sp³-hybridized carbons (Fsp3) is 0. The summed E-state index contributed by atoms with van der Waals surface area (Å²) in [5.74, 6) is -0.778. The van der Waals surface area contributed by atoms with Crippen LogP contribution in [0.5, 0.6) is 0 Å². The van der Waals surface area contributed by atoms with Crippen molar-refractivity contribution in [2.24, 2.45) is 0 Å². The summed E-state index contributed by atoms with van der Waals surface area (Å²) in [5.41, 5.74) is 0.533. The lowest BCUT2D eigenvalue weighted by Gasteiger charge is -1.96. The average Bonchev–Trinajstić information content (AvgIpc) is 2.57. The van der Waals surface area contributed by atoms with Crippen molar-refractivity contribution in [2.45, 2.75) is 0 Å². The quantitative estimate of drug-likeness (QED) is 0.758. The molecule has 1 aromatic carbocycles. The molecule has 14 heavy (non-hydrogen) atoms. The number of aromatic nitrogens is 1. The van der Waals surface area contributed by atoms with Crippen molar-refractivity contribution in [3.05, 3.63) is 38.9 Å². The van der Waals surface area contributed by atoms with Crippen molar-refractivity contribution < 1.29 is 8.94 Å². The highest BCUT2D eigenvalue weighted by Gasteiger charge is 2.08. The van der Waals surface area contributed by atoms with Gasteiger partial charge in [0.1, 0.15) is 0 Å². The first-order valence-electron chi connectivity index (χ1n) is 3.59. The van der Waals surface area contributed by atoms with Crippen molar-refractivity contribution in [1.29, 1.82) is 0 Å². The number of halogens is 2. The lowest BCUT2D eigenvalue weighted by atomic mass is 10.2.